The molecule has 1 N–H and O–H groups in total. The Morgan fingerprint density at radius 3 is 2.83 bits per heavy atom. The van der Waals surface area contributed by atoms with Crippen LogP contribution in [0.25, 0.3) is 11.1 Å². The third kappa shape index (κ3) is 5.05. The summed E-state index contributed by atoms with van der Waals surface area (Å²) < 4.78 is 20.1. The number of carbonyl (C=O) groups is 1. The van der Waals surface area contributed by atoms with Gasteiger partial charge in [-0.1, -0.05) is 6.07 Å². The van der Waals surface area contributed by atoms with Gasteiger partial charge in [0.25, 0.3) is 0 Å². The molecule has 9 heteroatoms. The van der Waals surface area contributed by atoms with Gasteiger partial charge in [0, 0.05) is 45.0 Å². The van der Waals surface area contributed by atoms with Crippen molar-refractivity contribution in [1.29, 1.82) is 5.26 Å². The molecule has 0 aliphatic carbocycles. The van der Waals surface area contributed by atoms with Crippen LogP contribution < -0.4 is 10.1 Å². The molecule has 0 atom stereocenters. The van der Waals surface area contributed by atoms with Crippen molar-refractivity contribution in [1.82, 2.24) is 19.9 Å². The molecule has 0 saturated carbocycles. The summed E-state index contributed by atoms with van der Waals surface area (Å²) in [6.07, 6.45) is 5.85. The Labute approximate surface area is 173 Å². The van der Waals surface area contributed by atoms with E-state index in [1.54, 1.807) is 30.3 Å². The zero-order chi connectivity index (χ0) is 21.5. The molecule has 0 bridgehead atoms. The molecule has 0 spiro atoms. The fourth-order valence-corrected chi connectivity index (χ4v) is 2.59. The first-order valence-electron chi connectivity index (χ1n) is 9.07. The lowest BCUT2D eigenvalue weighted by molar-refractivity contribution is -0.127. The van der Waals surface area contributed by atoms with Crippen molar-refractivity contribution in [2.45, 2.75) is 6.92 Å². The summed E-state index contributed by atoms with van der Waals surface area (Å²) in [6, 6.07) is 8.10. The normalized spacial score (nSPS) is 10.2. The summed E-state index contributed by atoms with van der Waals surface area (Å²) in [5, 5.41) is 12.2. The number of carbonyl (C=O) groups excluding carboxylic acids is 1. The number of halogens is 1. The van der Waals surface area contributed by atoms with Gasteiger partial charge in [0.05, 0.1) is 18.0 Å². The van der Waals surface area contributed by atoms with Gasteiger partial charge < -0.3 is 15.0 Å². The van der Waals surface area contributed by atoms with Crippen molar-refractivity contribution < 1.29 is 13.9 Å². The number of nitrogens with zero attached hydrogens (tertiary/aromatic N) is 5. The predicted molar refractivity (Wildman–Crippen MR) is 108 cm³/mol. The van der Waals surface area contributed by atoms with Crippen molar-refractivity contribution in [3.8, 4) is 28.8 Å². The molecule has 1 amide bonds. The lowest BCUT2D eigenvalue weighted by Crippen LogP contribution is -2.29. The lowest BCUT2D eigenvalue weighted by atomic mass is 10.0. The Balaban J connectivity index is 1.71. The molecule has 0 aliphatic heterocycles. The van der Waals surface area contributed by atoms with Crippen molar-refractivity contribution in [3.05, 3.63) is 60.4 Å². The van der Waals surface area contributed by atoms with Crippen molar-refractivity contribution in [2.75, 3.05) is 25.5 Å². The second-order valence-corrected chi connectivity index (χ2v) is 6.39. The van der Waals surface area contributed by atoms with Gasteiger partial charge in [0.2, 0.25) is 11.8 Å². The van der Waals surface area contributed by atoms with Crippen LogP contribution in [0.5, 0.6) is 11.6 Å². The average molecular weight is 406 g/mol. The van der Waals surface area contributed by atoms with E-state index in [9.17, 15) is 14.4 Å². The summed E-state index contributed by atoms with van der Waals surface area (Å²) in [5.74, 6) is -0.0943. The third-order valence-corrected chi connectivity index (χ3v) is 4.30. The first-order chi connectivity index (χ1) is 14.5. The van der Waals surface area contributed by atoms with Gasteiger partial charge in [-0.3, -0.25) is 14.8 Å². The minimum atomic E-state index is -0.601. The van der Waals surface area contributed by atoms with Crippen LogP contribution >= 0.6 is 0 Å². The fraction of sp³-hybridized carbons (Fsp3) is 0.190. The highest BCUT2D eigenvalue weighted by Gasteiger charge is 2.11. The summed E-state index contributed by atoms with van der Waals surface area (Å²) in [4.78, 5) is 25.0. The van der Waals surface area contributed by atoms with Gasteiger partial charge in [0.15, 0.2) is 11.6 Å². The van der Waals surface area contributed by atoms with Crippen LogP contribution in [-0.4, -0.2) is 45.9 Å². The number of rotatable bonds is 7. The molecular weight excluding hydrogens is 387 g/mol. The Morgan fingerprint density at radius 2 is 2.10 bits per heavy atom. The van der Waals surface area contributed by atoms with E-state index >= 15 is 0 Å². The first kappa shape index (κ1) is 20.7. The van der Waals surface area contributed by atoms with E-state index in [4.69, 9.17) is 4.74 Å². The van der Waals surface area contributed by atoms with Crippen LogP contribution in [0.3, 0.4) is 0 Å². The largest absolute Gasteiger partial charge is 0.434 e. The third-order valence-electron chi connectivity index (χ3n) is 4.30. The molecule has 0 aliphatic rings. The van der Waals surface area contributed by atoms with Crippen LogP contribution in [0.2, 0.25) is 0 Å². The van der Waals surface area contributed by atoms with Gasteiger partial charge in [0.1, 0.15) is 11.9 Å². The topological polar surface area (TPSA) is 104 Å². The molecule has 0 radical (unpaired) electrons. The molecule has 0 unspecified atom stereocenters. The fourth-order valence-electron chi connectivity index (χ4n) is 2.59. The summed E-state index contributed by atoms with van der Waals surface area (Å²) in [6.45, 7) is 2.46. The number of pyridine rings is 1. The van der Waals surface area contributed by atoms with Crippen molar-refractivity contribution in [3.63, 3.8) is 0 Å². The van der Waals surface area contributed by atoms with Crippen molar-refractivity contribution >= 4 is 11.7 Å². The number of likely N-dealkylation sites (N-methyl/N-ethyl adjacent to an activating group) is 1. The number of anilines is 1. The molecule has 30 heavy (non-hydrogen) atoms. The number of hydrogen-bond donors (Lipinski definition) is 1. The number of nitrogens with one attached hydrogen (secondary N) is 1. The second kappa shape index (κ2) is 9.43. The zero-order valence-electron chi connectivity index (χ0n) is 16.5. The maximum absolute atomic E-state index is 14.6. The molecule has 152 valence electrons. The van der Waals surface area contributed by atoms with Crippen LogP contribution in [0.15, 0.2) is 49.1 Å². The van der Waals surface area contributed by atoms with Crippen molar-refractivity contribution in [2.24, 2.45) is 0 Å². The highest BCUT2D eigenvalue weighted by Crippen LogP contribution is 2.29. The minimum Gasteiger partial charge on any atom is -0.434 e. The Morgan fingerprint density at radius 1 is 1.27 bits per heavy atom. The second-order valence-electron chi connectivity index (χ2n) is 6.39. The van der Waals surface area contributed by atoms with Gasteiger partial charge >= 0.3 is 0 Å². The van der Waals surface area contributed by atoms with E-state index in [-0.39, 0.29) is 17.5 Å². The zero-order valence-corrected chi connectivity index (χ0v) is 16.5. The highest BCUT2D eigenvalue weighted by molar-refractivity contribution is 5.72. The standard InChI is InChI=1S/C21H19FN6O2/c1-14(29)28(2)8-7-26-20-12-25-13-21(27-20)30-19-4-3-15(9-18(19)22)17-5-6-24-11-16(17)10-23/h3-6,9,11-13H,7-8H2,1-2H3,(H,26,27). The molecule has 3 rings (SSSR count). The molecule has 2 heterocycles. The minimum absolute atomic E-state index is 0.0194. The molecule has 1 aromatic carbocycles. The maximum Gasteiger partial charge on any atom is 0.239 e. The van der Waals surface area contributed by atoms with E-state index in [1.165, 1.54) is 37.6 Å². The average Bonchev–Trinajstić information content (AvgIpc) is 2.75. The molecular formula is C21H19FN6O2. The lowest BCUT2D eigenvalue weighted by Gasteiger charge is -2.15. The summed E-state index contributed by atoms with van der Waals surface area (Å²) in [5.41, 5.74) is 1.47. The number of hydrogen-bond acceptors (Lipinski definition) is 7. The van der Waals surface area contributed by atoms with Crippen LogP contribution in [0.4, 0.5) is 10.2 Å². The molecule has 8 nitrogen and oxygen atoms in total. The van der Waals surface area contributed by atoms with E-state index < -0.39 is 5.82 Å². The SMILES string of the molecule is CC(=O)N(C)CCNc1cncc(Oc2ccc(-c3ccncc3C#N)cc2F)n1. The number of ether oxygens (including phenoxy) is 1. The number of amides is 1. The Bertz CT molecular complexity index is 1100. The Kier molecular flexibility index (Phi) is 6.49. The molecule has 0 saturated heterocycles. The monoisotopic (exact) mass is 406 g/mol. The van der Waals surface area contributed by atoms with E-state index in [0.717, 1.165) is 0 Å². The van der Waals surface area contributed by atoms with Crippen LogP contribution in [-0.2, 0) is 4.79 Å². The van der Waals surface area contributed by atoms with E-state index in [1.807, 2.05) is 6.07 Å². The van der Waals surface area contributed by atoms with Gasteiger partial charge in [-0.05, 0) is 23.8 Å². The molecule has 3 aromatic rings. The van der Waals surface area contributed by atoms with Gasteiger partial charge in [-0.2, -0.15) is 10.2 Å². The number of aromatic nitrogens is 3. The Hall–Kier alpha value is -4.06. The van der Waals surface area contributed by atoms with Gasteiger partial charge in [-0.15, -0.1) is 0 Å². The predicted octanol–water partition coefficient (Wildman–Crippen LogP) is 3.23. The van der Waals surface area contributed by atoms with E-state index in [2.05, 4.69) is 20.3 Å². The van der Waals surface area contributed by atoms with Gasteiger partial charge in [-0.25, -0.2) is 4.39 Å². The summed E-state index contributed by atoms with van der Waals surface area (Å²) in [7, 11) is 1.70. The quantitative estimate of drug-likeness (QED) is 0.642. The molecule has 0 fully saturated rings. The number of nitriles is 1. The summed E-state index contributed by atoms with van der Waals surface area (Å²) >= 11 is 0. The molecule has 2 aromatic heterocycles. The number of benzene rings is 1. The maximum atomic E-state index is 14.6. The smallest absolute Gasteiger partial charge is 0.239 e. The van der Waals surface area contributed by atoms with Crippen LogP contribution in [0, 0.1) is 17.1 Å². The van der Waals surface area contributed by atoms with E-state index in [0.29, 0.717) is 35.6 Å². The highest BCUT2D eigenvalue weighted by atomic mass is 19.1. The first-order valence-corrected chi connectivity index (χ1v) is 9.07. The van der Waals surface area contributed by atoms with Crippen LogP contribution in [0.1, 0.15) is 12.5 Å².